The number of likely N-dealkylation sites (tertiary alicyclic amines) is 2. The van der Waals surface area contributed by atoms with Crippen molar-refractivity contribution in [2.75, 3.05) is 20.2 Å². The second kappa shape index (κ2) is 18.3. The molecule has 6 aromatic rings. The van der Waals surface area contributed by atoms with Crippen LogP contribution in [-0.4, -0.2) is 78.5 Å². The quantitative estimate of drug-likeness (QED) is 0.112. The van der Waals surface area contributed by atoms with Gasteiger partial charge in [-0.25, -0.2) is 14.8 Å². The minimum absolute atomic E-state index is 0.0159. The van der Waals surface area contributed by atoms with Crippen LogP contribution in [0.2, 0.25) is 0 Å². The molecule has 2 aliphatic heterocycles. The van der Waals surface area contributed by atoms with Crippen molar-refractivity contribution >= 4 is 17.9 Å². The first-order valence-corrected chi connectivity index (χ1v) is 22.8. The molecule has 64 heavy (non-hydrogen) atoms. The summed E-state index contributed by atoms with van der Waals surface area (Å²) in [4.78, 5) is 59.3. The first-order chi connectivity index (χ1) is 30.7. The van der Waals surface area contributed by atoms with Crippen LogP contribution >= 0.6 is 0 Å². The molecule has 8 rings (SSSR count). The smallest absolute Gasteiger partial charge is 0.407 e. The van der Waals surface area contributed by atoms with Crippen LogP contribution in [0.5, 0.6) is 0 Å². The summed E-state index contributed by atoms with van der Waals surface area (Å²) >= 11 is 0. The summed E-state index contributed by atoms with van der Waals surface area (Å²) < 4.78 is 7.15. The van der Waals surface area contributed by atoms with Gasteiger partial charge in [0.05, 0.1) is 54.4 Å². The van der Waals surface area contributed by atoms with Crippen LogP contribution in [0.15, 0.2) is 97.3 Å². The summed E-state index contributed by atoms with van der Waals surface area (Å²) in [6, 6.07) is 29.4. The molecule has 12 heteroatoms. The SMILES string of the molecule is COC(=O)N[C@H](C(=O)N1CCC[C@H]1c1ncc(-c2ccc(-c3ccc(-c4ccc(-c5cnc([C@@H]6CCCN6C(=O)CC(C)C)[nH]5)cc4)n3-c3cccc(C(C)(C)C)c3)cc2)[nH]1)C(C)C. The molecule has 0 unspecified atom stereocenters. The van der Waals surface area contributed by atoms with Gasteiger partial charge in [-0.05, 0) is 95.0 Å². The summed E-state index contributed by atoms with van der Waals surface area (Å²) in [5.74, 6) is 1.86. The van der Waals surface area contributed by atoms with Crippen LogP contribution in [0, 0.1) is 11.8 Å². The lowest BCUT2D eigenvalue weighted by Gasteiger charge is -2.30. The second-order valence-electron chi connectivity index (χ2n) is 19.1. The maximum atomic E-state index is 13.7. The fraction of sp³-hybridized carbons (Fsp3) is 0.404. The molecule has 0 bridgehead atoms. The van der Waals surface area contributed by atoms with Crippen molar-refractivity contribution in [2.24, 2.45) is 11.8 Å². The fourth-order valence-electron chi connectivity index (χ4n) is 9.23. The Bertz CT molecular complexity index is 2590. The van der Waals surface area contributed by atoms with E-state index in [0.29, 0.717) is 18.9 Å². The molecule has 0 spiro atoms. The molecule has 0 aliphatic carbocycles. The molecule has 3 atom stereocenters. The minimum Gasteiger partial charge on any atom is -0.453 e. The second-order valence-corrected chi connectivity index (χ2v) is 19.1. The van der Waals surface area contributed by atoms with Gasteiger partial charge in [0.1, 0.15) is 17.7 Å². The van der Waals surface area contributed by atoms with Crippen LogP contribution in [0.3, 0.4) is 0 Å². The highest BCUT2D eigenvalue weighted by molar-refractivity contribution is 5.86. The van der Waals surface area contributed by atoms with Crippen molar-refractivity contribution in [2.45, 2.75) is 104 Å². The molecule has 2 saturated heterocycles. The Labute approximate surface area is 376 Å². The summed E-state index contributed by atoms with van der Waals surface area (Å²) in [5.41, 5.74) is 10.4. The van der Waals surface area contributed by atoms with E-state index in [2.05, 4.69) is 139 Å². The molecule has 3 N–H and O–H groups in total. The topological polar surface area (TPSA) is 141 Å². The molecule has 0 radical (unpaired) electrons. The van der Waals surface area contributed by atoms with E-state index in [1.807, 2.05) is 36.0 Å². The average Bonchev–Trinajstić information content (AvgIpc) is 4.14. The van der Waals surface area contributed by atoms with Gasteiger partial charge in [-0.3, -0.25) is 9.59 Å². The first-order valence-electron chi connectivity index (χ1n) is 22.8. The van der Waals surface area contributed by atoms with Gasteiger partial charge in [0.2, 0.25) is 11.8 Å². The van der Waals surface area contributed by atoms with E-state index < -0.39 is 12.1 Å². The number of benzene rings is 3. The number of amides is 3. The van der Waals surface area contributed by atoms with E-state index >= 15 is 0 Å². The van der Waals surface area contributed by atoms with Crippen LogP contribution in [-0.2, 0) is 19.7 Å². The Morgan fingerprint density at radius 2 is 1.25 bits per heavy atom. The van der Waals surface area contributed by atoms with Gasteiger partial charge in [-0.1, -0.05) is 109 Å². The summed E-state index contributed by atoms with van der Waals surface area (Å²) in [5, 5.41) is 2.73. The molecule has 2 aliphatic rings. The van der Waals surface area contributed by atoms with Crippen molar-refractivity contribution in [3.8, 4) is 50.7 Å². The highest BCUT2D eigenvalue weighted by atomic mass is 16.5. The van der Waals surface area contributed by atoms with E-state index in [9.17, 15) is 14.4 Å². The number of nitrogens with one attached hydrogen (secondary N) is 3. The van der Waals surface area contributed by atoms with E-state index in [1.54, 1.807) is 0 Å². The van der Waals surface area contributed by atoms with Crippen molar-refractivity contribution in [1.29, 1.82) is 0 Å². The summed E-state index contributed by atoms with van der Waals surface area (Å²) in [6.07, 6.45) is 7.19. The highest BCUT2D eigenvalue weighted by Crippen LogP contribution is 2.38. The molecular weight excluding hydrogens is 801 g/mol. The summed E-state index contributed by atoms with van der Waals surface area (Å²) in [7, 11) is 1.30. The molecule has 12 nitrogen and oxygen atoms in total. The predicted molar refractivity (Wildman–Crippen MR) is 252 cm³/mol. The lowest BCUT2D eigenvalue weighted by atomic mass is 9.87. The number of carbonyl (C=O) groups is 3. The number of H-pyrrole nitrogens is 2. The number of rotatable bonds is 12. The molecule has 0 saturated carbocycles. The zero-order chi connectivity index (χ0) is 45.3. The highest BCUT2D eigenvalue weighted by Gasteiger charge is 2.38. The van der Waals surface area contributed by atoms with Crippen LogP contribution < -0.4 is 5.32 Å². The van der Waals surface area contributed by atoms with Gasteiger partial charge >= 0.3 is 6.09 Å². The number of imidazole rings is 2. The number of hydrogen-bond acceptors (Lipinski definition) is 6. The maximum Gasteiger partial charge on any atom is 0.407 e. The number of ether oxygens (including phenoxy) is 1. The lowest BCUT2D eigenvalue weighted by molar-refractivity contribution is -0.135. The van der Waals surface area contributed by atoms with E-state index in [-0.39, 0.29) is 35.2 Å². The van der Waals surface area contributed by atoms with Gasteiger partial charge < -0.3 is 34.4 Å². The molecule has 3 amide bonds. The Kier molecular flexibility index (Phi) is 12.7. The molecule has 334 valence electrons. The number of hydrogen-bond donors (Lipinski definition) is 3. The molecule has 2 fully saturated rings. The monoisotopic (exact) mass is 862 g/mol. The predicted octanol–water partition coefficient (Wildman–Crippen LogP) is 10.6. The van der Waals surface area contributed by atoms with Crippen LogP contribution in [0.4, 0.5) is 4.79 Å². The Balaban J connectivity index is 1.06. The number of alkyl carbamates (subject to hydrolysis) is 1. The van der Waals surface area contributed by atoms with Crippen molar-refractivity contribution in [3.63, 3.8) is 0 Å². The van der Waals surface area contributed by atoms with Gasteiger partial charge in [-0.2, -0.15) is 0 Å². The first kappa shape index (κ1) is 44.2. The number of methoxy groups -OCH3 is 1. The Hall–Kier alpha value is -6.43. The molecule has 3 aromatic heterocycles. The van der Waals surface area contributed by atoms with E-state index in [4.69, 9.17) is 14.7 Å². The Morgan fingerprint density at radius 1 is 0.734 bits per heavy atom. The third kappa shape index (κ3) is 9.14. The maximum absolute atomic E-state index is 13.7. The van der Waals surface area contributed by atoms with Gasteiger partial charge in [0.15, 0.2) is 0 Å². The number of carbonyl (C=O) groups excluding carboxylic acids is 3. The molecule has 3 aromatic carbocycles. The lowest BCUT2D eigenvalue weighted by Crippen LogP contribution is -2.51. The number of aromatic amines is 2. The van der Waals surface area contributed by atoms with Gasteiger partial charge in [0.25, 0.3) is 0 Å². The standard InChI is InChI=1S/C52H62N8O4/c1-32(2)28-46(61)58-26-10-14-44(58)48-53-30-40(55-48)34-16-20-36(21-17-34)42-24-25-43(60(42)39-13-9-12-38(29-39)52(5,6)7)37-22-18-35(19-23-37)41-31-54-49(56-41)45-15-11-27-59(45)50(62)47(33(3)4)57-51(63)64-8/h9,12-13,16-25,29-33,44-45,47H,10-11,14-15,26-28H2,1-8H3,(H,53,55)(H,54,56)(H,57,63)/t44-,45-,47-/m0/s1. The summed E-state index contributed by atoms with van der Waals surface area (Å²) in [6.45, 7) is 16.1. The van der Waals surface area contributed by atoms with Crippen LogP contribution in [0.25, 0.3) is 50.7 Å². The van der Waals surface area contributed by atoms with Crippen LogP contribution in [0.1, 0.15) is 110 Å². The Morgan fingerprint density at radius 3 is 1.75 bits per heavy atom. The molecule has 5 heterocycles. The van der Waals surface area contributed by atoms with Crippen molar-refractivity contribution in [3.05, 3.63) is 115 Å². The zero-order valence-electron chi connectivity index (χ0n) is 38.4. The van der Waals surface area contributed by atoms with E-state index in [1.165, 1.54) is 12.7 Å². The minimum atomic E-state index is -0.692. The van der Waals surface area contributed by atoms with Crippen molar-refractivity contribution < 1.29 is 19.1 Å². The largest absolute Gasteiger partial charge is 0.453 e. The fourth-order valence-corrected chi connectivity index (χ4v) is 9.23. The van der Waals surface area contributed by atoms with Gasteiger partial charge in [0, 0.05) is 25.2 Å². The molecular formula is C52H62N8O4. The van der Waals surface area contributed by atoms with Crippen molar-refractivity contribution in [1.82, 2.24) is 39.6 Å². The number of aromatic nitrogens is 5. The normalized spacial score (nSPS) is 17.1. The third-order valence-corrected chi connectivity index (χ3v) is 12.7. The van der Waals surface area contributed by atoms with E-state index in [0.717, 1.165) is 94.6 Å². The number of nitrogens with zero attached hydrogens (tertiary/aromatic N) is 5. The third-order valence-electron chi connectivity index (χ3n) is 12.7. The van der Waals surface area contributed by atoms with Gasteiger partial charge in [-0.15, -0.1) is 0 Å². The zero-order valence-corrected chi connectivity index (χ0v) is 38.4. The average molecular weight is 863 g/mol.